The highest BCUT2D eigenvalue weighted by Crippen LogP contribution is 2.04. The van der Waals surface area contributed by atoms with Crippen molar-refractivity contribution in [2.75, 3.05) is 6.61 Å². The zero-order valence-electron chi connectivity index (χ0n) is 10.8. The second-order valence-corrected chi connectivity index (χ2v) is 4.43. The molecular weight excluding hydrogens is 228 g/mol. The first-order valence-corrected chi connectivity index (χ1v) is 6.38. The molecule has 0 spiro atoms. The van der Waals surface area contributed by atoms with E-state index in [4.69, 9.17) is 10.8 Å². The molecule has 1 rings (SSSR count). The van der Waals surface area contributed by atoms with Gasteiger partial charge in [0, 0.05) is 0 Å². The molecule has 0 saturated carbocycles. The molecule has 4 heteroatoms. The zero-order valence-corrected chi connectivity index (χ0v) is 10.8. The van der Waals surface area contributed by atoms with Gasteiger partial charge in [0.15, 0.2) is 0 Å². The number of nitrogens with one attached hydrogen (secondary N) is 1. The monoisotopic (exact) mass is 250 g/mol. The summed E-state index contributed by atoms with van der Waals surface area (Å²) in [6.07, 6.45) is 2.09. The number of nitrogens with two attached hydrogens (primary N) is 1. The van der Waals surface area contributed by atoms with Crippen LogP contribution in [0.2, 0.25) is 0 Å². The van der Waals surface area contributed by atoms with Crippen LogP contribution in [0.1, 0.15) is 25.3 Å². The van der Waals surface area contributed by atoms with Crippen LogP contribution in [0.15, 0.2) is 30.3 Å². The number of aliphatic hydroxyl groups excluding tert-OH is 1. The van der Waals surface area contributed by atoms with Gasteiger partial charge in [0.25, 0.3) is 0 Å². The molecule has 4 nitrogen and oxygen atoms in total. The highest BCUT2D eigenvalue weighted by molar-refractivity contribution is 5.81. The van der Waals surface area contributed by atoms with Crippen LogP contribution in [-0.2, 0) is 11.2 Å². The molecule has 18 heavy (non-hydrogen) atoms. The lowest BCUT2D eigenvalue weighted by molar-refractivity contribution is -0.123. The van der Waals surface area contributed by atoms with Crippen molar-refractivity contribution in [1.82, 2.24) is 5.32 Å². The van der Waals surface area contributed by atoms with Gasteiger partial charge < -0.3 is 16.2 Å². The van der Waals surface area contributed by atoms with Gasteiger partial charge in [-0.3, -0.25) is 4.79 Å². The molecule has 1 aromatic rings. The molecule has 0 saturated heterocycles. The molecule has 2 atom stereocenters. The van der Waals surface area contributed by atoms with Crippen LogP contribution in [0.25, 0.3) is 0 Å². The third-order valence-electron chi connectivity index (χ3n) is 2.98. The highest BCUT2D eigenvalue weighted by Gasteiger charge is 2.16. The van der Waals surface area contributed by atoms with Gasteiger partial charge in [0.05, 0.1) is 18.7 Å². The summed E-state index contributed by atoms with van der Waals surface area (Å²) in [7, 11) is 0. The molecule has 0 bridgehead atoms. The second kappa shape index (κ2) is 7.84. The topological polar surface area (TPSA) is 75.3 Å². The van der Waals surface area contributed by atoms with Crippen LogP contribution in [-0.4, -0.2) is 29.7 Å². The standard InChI is InChI=1S/C14H22N2O2/c1-2-12(10-17)16-14(18)13(15)9-8-11-6-4-3-5-7-11/h3-7,12-13,17H,2,8-10,15H2,1H3,(H,16,18)/t12?,13-/m0/s1. The average Bonchev–Trinajstić information content (AvgIpc) is 2.42. The van der Waals surface area contributed by atoms with E-state index in [1.54, 1.807) is 0 Å². The second-order valence-electron chi connectivity index (χ2n) is 4.43. The predicted molar refractivity (Wildman–Crippen MR) is 72.0 cm³/mol. The summed E-state index contributed by atoms with van der Waals surface area (Å²) in [4.78, 5) is 11.7. The largest absolute Gasteiger partial charge is 0.394 e. The normalized spacial score (nSPS) is 13.9. The Kier molecular flexibility index (Phi) is 6.39. The molecular formula is C14H22N2O2. The molecule has 0 aliphatic heterocycles. The summed E-state index contributed by atoms with van der Waals surface area (Å²) in [5.41, 5.74) is 7.00. The Bertz CT molecular complexity index is 350. The van der Waals surface area contributed by atoms with Crippen molar-refractivity contribution in [3.63, 3.8) is 0 Å². The Balaban J connectivity index is 2.36. The zero-order chi connectivity index (χ0) is 13.4. The Morgan fingerprint density at radius 1 is 1.39 bits per heavy atom. The summed E-state index contributed by atoms with van der Waals surface area (Å²) >= 11 is 0. The maximum Gasteiger partial charge on any atom is 0.237 e. The predicted octanol–water partition coefficient (Wildman–Crippen LogP) is 0.834. The van der Waals surface area contributed by atoms with E-state index in [1.807, 2.05) is 37.3 Å². The van der Waals surface area contributed by atoms with Crippen molar-refractivity contribution in [3.05, 3.63) is 35.9 Å². The summed E-state index contributed by atoms with van der Waals surface area (Å²) < 4.78 is 0. The number of hydrogen-bond acceptors (Lipinski definition) is 3. The van der Waals surface area contributed by atoms with Crippen molar-refractivity contribution >= 4 is 5.91 Å². The van der Waals surface area contributed by atoms with Crippen molar-refractivity contribution in [3.8, 4) is 0 Å². The molecule has 0 aliphatic carbocycles. The quantitative estimate of drug-likeness (QED) is 0.671. The van der Waals surface area contributed by atoms with E-state index in [0.717, 1.165) is 6.42 Å². The lowest BCUT2D eigenvalue weighted by atomic mass is 10.0. The summed E-state index contributed by atoms with van der Waals surface area (Å²) in [6, 6.07) is 9.23. The van der Waals surface area contributed by atoms with Gasteiger partial charge >= 0.3 is 0 Å². The number of benzene rings is 1. The van der Waals surface area contributed by atoms with Crippen LogP contribution in [0.3, 0.4) is 0 Å². The van der Waals surface area contributed by atoms with E-state index in [9.17, 15) is 4.79 Å². The number of amides is 1. The molecule has 0 heterocycles. The van der Waals surface area contributed by atoms with E-state index in [1.165, 1.54) is 5.56 Å². The fraction of sp³-hybridized carbons (Fsp3) is 0.500. The number of aryl methyl sites for hydroxylation is 1. The first kappa shape index (κ1) is 14.7. The number of aliphatic hydroxyl groups is 1. The van der Waals surface area contributed by atoms with Gasteiger partial charge in [-0.1, -0.05) is 37.3 Å². The minimum absolute atomic E-state index is 0.0480. The number of hydrogen-bond donors (Lipinski definition) is 3. The van der Waals surface area contributed by atoms with Gasteiger partial charge in [-0.2, -0.15) is 0 Å². The van der Waals surface area contributed by atoms with E-state index < -0.39 is 6.04 Å². The lowest BCUT2D eigenvalue weighted by Gasteiger charge is -2.17. The first-order valence-electron chi connectivity index (χ1n) is 6.38. The number of carbonyl (C=O) groups excluding carboxylic acids is 1. The van der Waals surface area contributed by atoms with Crippen molar-refractivity contribution in [2.24, 2.45) is 5.73 Å². The van der Waals surface area contributed by atoms with Gasteiger partial charge in [0.1, 0.15) is 0 Å². The van der Waals surface area contributed by atoms with Crippen LogP contribution in [0, 0.1) is 0 Å². The van der Waals surface area contributed by atoms with Gasteiger partial charge in [-0.05, 0) is 24.8 Å². The lowest BCUT2D eigenvalue weighted by Crippen LogP contribution is -2.46. The van der Waals surface area contributed by atoms with Crippen LogP contribution >= 0.6 is 0 Å². The maximum absolute atomic E-state index is 11.7. The van der Waals surface area contributed by atoms with E-state index in [2.05, 4.69) is 5.32 Å². The van der Waals surface area contributed by atoms with E-state index in [0.29, 0.717) is 12.8 Å². The molecule has 0 radical (unpaired) electrons. The smallest absolute Gasteiger partial charge is 0.237 e. The van der Waals surface area contributed by atoms with Gasteiger partial charge in [-0.25, -0.2) is 0 Å². The molecule has 0 fully saturated rings. The number of rotatable bonds is 7. The third kappa shape index (κ3) is 4.85. The average molecular weight is 250 g/mol. The maximum atomic E-state index is 11.7. The molecule has 0 aromatic heterocycles. The number of carbonyl (C=O) groups is 1. The van der Waals surface area contributed by atoms with Crippen molar-refractivity contribution in [1.29, 1.82) is 0 Å². The van der Waals surface area contributed by atoms with E-state index >= 15 is 0 Å². The van der Waals surface area contributed by atoms with Crippen LogP contribution < -0.4 is 11.1 Å². The Labute approximate surface area is 108 Å². The fourth-order valence-corrected chi connectivity index (χ4v) is 1.68. The Morgan fingerprint density at radius 3 is 2.61 bits per heavy atom. The van der Waals surface area contributed by atoms with Gasteiger partial charge in [-0.15, -0.1) is 0 Å². The Hall–Kier alpha value is -1.39. The van der Waals surface area contributed by atoms with Crippen LogP contribution in [0.4, 0.5) is 0 Å². The minimum atomic E-state index is -0.522. The molecule has 100 valence electrons. The summed E-state index contributed by atoms with van der Waals surface area (Å²) in [6.45, 7) is 1.87. The SMILES string of the molecule is CCC(CO)NC(=O)[C@@H](N)CCc1ccccc1. The van der Waals surface area contributed by atoms with Crippen LogP contribution in [0.5, 0.6) is 0 Å². The highest BCUT2D eigenvalue weighted by atomic mass is 16.3. The third-order valence-corrected chi connectivity index (χ3v) is 2.98. The molecule has 0 aliphatic rings. The molecule has 1 amide bonds. The summed E-state index contributed by atoms with van der Waals surface area (Å²) in [5, 5.41) is 11.7. The molecule has 4 N–H and O–H groups in total. The minimum Gasteiger partial charge on any atom is -0.394 e. The fourth-order valence-electron chi connectivity index (χ4n) is 1.68. The van der Waals surface area contributed by atoms with E-state index in [-0.39, 0.29) is 18.6 Å². The summed E-state index contributed by atoms with van der Waals surface area (Å²) in [5.74, 6) is -0.188. The Morgan fingerprint density at radius 2 is 2.06 bits per heavy atom. The van der Waals surface area contributed by atoms with Crippen molar-refractivity contribution in [2.45, 2.75) is 38.3 Å². The van der Waals surface area contributed by atoms with Gasteiger partial charge in [0.2, 0.25) is 5.91 Å². The first-order chi connectivity index (χ1) is 8.67. The molecule has 1 unspecified atom stereocenters. The van der Waals surface area contributed by atoms with Crippen molar-refractivity contribution < 1.29 is 9.90 Å². The molecule has 1 aromatic carbocycles.